The minimum absolute atomic E-state index is 0. The second kappa shape index (κ2) is 19.7. The van der Waals surface area contributed by atoms with Gasteiger partial charge in [0.15, 0.2) is 5.78 Å². The molecule has 4 nitrogen and oxygen atoms in total. The van der Waals surface area contributed by atoms with Gasteiger partial charge in [-0.3, -0.25) is 4.79 Å². The van der Waals surface area contributed by atoms with Crippen LogP contribution < -0.4 is 0 Å². The Bertz CT molecular complexity index is 571. The van der Waals surface area contributed by atoms with Crippen molar-refractivity contribution in [3.8, 4) is 0 Å². The van der Waals surface area contributed by atoms with Crippen molar-refractivity contribution in [1.29, 1.82) is 0 Å². The summed E-state index contributed by atoms with van der Waals surface area (Å²) in [6.45, 7) is 24.0. The Morgan fingerprint density at radius 3 is 1.96 bits per heavy atom. The number of ketones is 1. The van der Waals surface area contributed by atoms with E-state index in [-0.39, 0.29) is 28.3 Å². The maximum absolute atomic E-state index is 10.8. The molecular weight excluding hydrogens is 372 g/mol. The van der Waals surface area contributed by atoms with Gasteiger partial charge in [-0.2, -0.15) is 0 Å². The summed E-state index contributed by atoms with van der Waals surface area (Å²) >= 11 is 0. The van der Waals surface area contributed by atoms with E-state index < -0.39 is 0 Å². The van der Waals surface area contributed by atoms with Gasteiger partial charge in [0.2, 0.25) is 0 Å². The maximum atomic E-state index is 10.8. The van der Waals surface area contributed by atoms with E-state index in [1.165, 1.54) is 36.0 Å². The quantitative estimate of drug-likeness (QED) is 0.215. The van der Waals surface area contributed by atoms with Gasteiger partial charge in [-0.15, -0.1) is 0 Å². The largest absolute Gasteiger partial charge is 0 e. The van der Waals surface area contributed by atoms with Crippen LogP contribution in [0.3, 0.4) is 0 Å². The van der Waals surface area contributed by atoms with E-state index in [4.69, 9.17) is 14.0 Å². The SMILES string of the molecule is CC(=O)\C=C/C=C(C)/C=C/C1=C(C)CCCC1(C)C.[C-]#[O+].[C-]#[O+].[C-]#[O+].[Fe]. The summed E-state index contributed by atoms with van der Waals surface area (Å²) in [5.41, 5.74) is 4.44. The number of hydrogen-bond acceptors (Lipinski definition) is 1. The first-order valence-electron chi connectivity index (χ1n) is 7.68. The topological polar surface area (TPSA) is 76.8 Å². The molecule has 0 atom stereocenters. The molecule has 0 radical (unpaired) electrons. The molecule has 0 saturated carbocycles. The second-order valence-corrected chi connectivity index (χ2v) is 6.15. The molecule has 26 heavy (non-hydrogen) atoms. The summed E-state index contributed by atoms with van der Waals surface area (Å²) in [5, 5.41) is 0. The molecular formula is C21H26FeO4. The van der Waals surface area contributed by atoms with Gasteiger partial charge in [0.25, 0.3) is 0 Å². The Balaban J connectivity index is -0.000000312. The average molecular weight is 398 g/mol. The number of carbonyl (C=O) groups excluding carboxylic acids is 1. The molecule has 0 aromatic rings. The number of carbonyl (C=O) groups is 1. The van der Waals surface area contributed by atoms with Gasteiger partial charge in [0, 0.05) is 17.1 Å². The predicted molar refractivity (Wildman–Crippen MR) is 94.8 cm³/mol. The van der Waals surface area contributed by atoms with Crippen molar-refractivity contribution >= 4 is 5.78 Å². The Labute approximate surface area is 168 Å². The summed E-state index contributed by atoms with van der Waals surface area (Å²) in [4.78, 5) is 10.8. The third-order valence-electron chi connectivity index (χ3n) is 3.75. The van der Waals surface area contributed by atoms with Crippen LogP contribution in [0, 0.1) is 25.4 Å². The molecule has 0 aromatic carbocycles. The predicted octanol–water partition coefficient (Wildman–Crippen LogP) is 5.05. The maximum Gasteiger partial charge on any atom is 0 e. The number of hydrogen-bond donors (Lipinski definition) is 0. The molecule has 1 aliphatic rings. The Kier molecular flexibility index (Phi) is 24.3. The Morgan fingerprint density at radius 2 is 1.54 bits per heavy atom. The number of rotatable bonds is 4. The molecule has 142 valence electrons. The monoisotopic (exact) mass is 398 g/mol. The zero-order valence-electron chi connectivity index (χ0n) is 16.0. The summed E-state index contributed by atoms with van der Waals surface area (Å²) in [6, 6.07) is 0. The van der Waals surface area contributed by atoms with E-state index in [0.29, 0.717) is 0 Å². The first kappa shape index (κ1) is 32.1. The van der Waals surface area contributed by atoms with E-state index in [0.717, 1.165) is 0 Å². The first-order chi connectivity index (χ1) is 11.8. The van der Waals surface area contributed by atoms with Crippen molar-refractivity contribution in [3.05, 3.63) is 67.1 Å². The van der Waals surface area contributed by atoms with E-state index in [2.05, 4.69) is 59.8 Å². The van der Waals surface area contributed by atoms with Crippen molar-refractivity contribution in [1.82, 2.24) is 0 Å². The van der Waals surface area contributed by atoms with Crippen molar-refractivity contribution in [2.45, 2.75) is 53.9 Å². The smallest absolute Gasteiger partial charge is 0 e. The zero-order chi connectivity index (χ0) is 20.5. The fourth-order valence-corrected chi connectivity index (χ4v) is 2.62. The van der Waals surface area contributed by atoms with Crippen molar-refractivity contribution in [2.24, 2.45) is 5.41 Å². The Morgan fingerprint density at radius 1 is 1.04 bits per heavy atom. The summed E-state index contributed by atoms with van der Waals surface area (Å²) < 4.78 is 22.5. The molecule has 5 heteroatoms. The molecule has 0 aromatic heterocycles. The van der Waals surface area contributed by atoms with Crippen LogP contribution in [0.4, 0.5) is 0 Å². The van der Waals surface area contributed by atoms with E-state index >= 15 is 0 Å². The van der Waals surface area contributed by atoms with Crippen LogP contribution in [0.5, 0.6) is 0 Å². The average Bonchev–Trinajstić information content (AvgIpc) is 2.59. The standard InChI is InChI=1S/C18H26O.3CO.Fe/c1-14(8-6-10-16(3)19)11-12-17-15(2)9-7-13-18(17,4)5;3*1-2;/h6,8,10-12H,7,9,13H2,1-5H3;;;;/b10-6-,12-11+,14-8+;;;;. The van der Waals surface area contributed by atoms with Crippen LogP contribution in [0.1, 0.15) is 53.9 Å². The molecule has 0 N–H and O–H groups in total. The van der Waals surface area contributed by atoms with E-state index in [9.17, 15) is 4.79 Å². The third kappa shape index (κ3) is 14.7. The fourth-order valence-electron chi connectivity index (χ4n) is 2.62. The molecule has 0 aliphatic heterocycles. The minimum atomic E-state index is 0. The van der Waals surface area contributed by atoms with Gasteiger partial charge in [-0.05, 0) is 57.1 Å². The van der Waals surface area contributed by atoms with Crippen molar-refractivity contribution in [3.63, 3.8) is 0 Å². The first-order valence-corrected chi connectivity index (χ1v) is 7.68. The van der Waals surface area contributed by atoms with Crippen LogP contribution in [0.2, 0.25) is 0 Å². The molecule has 1 rings (SSSR count). The van der Waals surface area contributed by atoms with Crippen LogP contribution in [0.25, 0.3) is 0 Å². The molecule has 0 unspecified atom stereocenters. The molecule has 0 spiro atoms. The Hall–Kier alpha value is -1.63. The second-order valence-electron chi connectivity index (χ2n) is 6.15. The van der Waals surface area contributed by atoms with Gasteiger partial charge in [0.1, 0.15) is 0 Å². The van der Waals surface area contributed by atoms with Crippen LogP contribution >= 0.6 is 0 Å². The van der Waals surface area contributed by atoms with E-state index in [1.54, 1.807) is 13.0 Å². The molecule has 0 saturated heterocycles. The van der Waals surface area contributed by atoms with Gasteiger partial charge in [-0.25, -0.2) is 0 Å². The molecule has 0 amide bonds. The summed E-state index contributed by atoms with van der Waals surface area (Å²) in [7, 11) is 0. The van der Waals surface area contributed by atoms with Gasteiger partial charge in [-0.1, -0.05) is 49.3 Å². The van der Waals surface area contributed by atoms with Gasteiger partial charge < -0.3 is 0 Å². The van der Waals surface area contributed by atoms with Crippen molar-refractivity contribution < 1.29 is 35.8 Å². The van der Waals surface area contributed by atoms with Crippen LogP contribution in [-0.4, -0.2) is 5.78 Å². The molecule has 0 bridgehead atoms. The van der Waals surface area contributed by atoms with Gasteiger partial charge >= 0.3 is 33.9 Å². The molecule has 1 aliphatic carbocycles. The van der Waals surface area contributed by atoms with Gasteiger partial charge in [0.05, 0.1) is 0 Å². The fraction of sp³-hybridized carbons (Fsp3) is 0.429. The number of allylic oxidation sites excluding steroid dienone is 8. The molecule has 0 fully saturated rings. The van der Waals surface area contributed by atoms with Crippen LogP contribution in [-0.2, 0) is 35.8 Å². The van der Waals surface area contributed by atoms with Crippen molar-refractivity contribution in [2.75, 3.05) is 0 Å². The zero-order valence-corrected chi connectivity index (χ0v) is 17.1. The normalized spacial score (nSPS) is 15.3. The van der Waals surface area contributed by atoms with Crippen LogP contribution in [0.15, 0.2) is 47.1 Å². The third-order valence-corrected chi connectivity index (χ3v) is 3.75. The van der Waals surface area contributed by atoms with E-state index in [1.807, 2.05) is 12.2 Å². The molecule has 0 heterocycles. The summed E-state index contributed by atoms with van der Waals surface area (Å²) in [6.07, 6.45) is 13.6. The minimum Gasteiger partial charge on any atom is 0 e. The summed E-state index contributed by atoms with van der Waals surface area (Å²) in [5.74, 6) is 0.0833.